The van der Waals surface area contributed by atoms with Gasteiger partial charge in [-0.15, -0.1) is 0 Å². The zero-order valence-corrected chi connectivity index (χ0v) is 19.0. The third-order valence-corrected chi connectivity index (χ3v) is 8.92. The molecule has 5 rings (SSSR count). The number of hydrogen-bond acceptors (Lipinski definition) is 2. The van der Waals surface area contributed by atoms with Crippen molar-refractivity contribution >= 4 is 40.7 Å². The van der Waals surface area contributed by atoms with Crippen molar-refractivity contribution in [2.45, 2.75) is 65.3 Å². The third-order valence-electron chi connectivity index (χ3n) is 7.44. The standard InChI is InChI=1S/C22H28Cl3NO2/c1-11-18(23)12(2)20(25)21(19(11)24)28-10-17(27)26-13(3)22-7-14-4-15(8-22)6-16(5-14)9-22/h13-16H,4-10H2,1-3H3,(H,26,27)/t13-,14?,15?,16?,22?/m0/s1. The fraction of sp³-hybridized carbons (Fsp3) is 0.682. The Morgan fingerprint density at radius 1 is 1.00 bits per heavy atom. The van der Waals surface area contributed by atoms with Crippen molar-refractivity contribution < 1.29 is 9.53 Å². The molecule has 1 N–H and O–H groups in total. The Hall–Kier alpha value is -0.640. The van der Waals surface area contributed by atoms with E-state index in [1.54, 1.807) is 0 Å². The van der Waals surface area contributed by atoms with Crippen molar-refractivity contribution in [3.05, 3.63) is 26.2 Å². The molecule has 0 saturated heterocycles. The van der Waals surface area contributed by atoms with Crippen molar-refractivity contribution in [2.75, 3.05) is 6.61 Å². The molecule has 0 heterocycles. The number of benzene rings is 1. The second-order valence-corrected chi connectivity index (χ2v) is 10.5. The Morgan fingerprint density at radius 3 is 1.93 bits per heavy atom. The molecule has 4 aliphatic rings. The van der Waals surface area contributed by atoms with Gasteiger partial charge in [0.05, 0.1) is 10.0 Å². The van der Waals surface area contributed by atoms with Crippen molar-refractivity contribution in [3.63, 3.8) is 0 Å². The summed E-state index contributed by atoms with van der Waals surface area (Å²) in [6.07, 6.45) is 7.97. The highest BCUT2D eigenvalue weighted by molar-refractivity contribution is 6.42. The van der Waals surface area contributed by atoms with Gasteiger partial charge in [-0.3, -0.25) is 4.79 Å². The Morgan fingerprint density at radius 2 is 1.46 bits per heavy atom. The van der Waals surface area contributed by atoms with E-state index in [9.17, 15) is 4.79 Å². The van der Waals surface area contributed by atoms with E-state index in [0.29, 0.717) is 31.9 Å². The molecule has 0 spiro atoms. The molecule has 4 saturated carbocycles. The molecule has 1 amide bonds. The van der Waals surface area contributed by atoms with Gasteiger partial charge in [-0.1, -0.05) is 34.8 Å². The molecule has 1 aromatic rings. The van der Waals surface area contributed by atoms with Gasteiger partial charge in [0.25, 0.3) is 5.91 Å². The topological polar surface area (TPSA) is 38.3 Å². The lowest BCUT2D eigenvalue weighted by Crippen LogP contribution is -2.56. The van der Waals surface area contributed by atoms with E-state index in [1.165, 1.54) is 38.5 Å². The van der Waals surface area contributed by atoms with Crippen LogP contribution in [0.4, 0.5) is 0 Å². The first kappa shape index (κ1) is 20.6. The molecule has 0 aliphatic heterocycles. The average Bonchev–Trinajstić information content (AvgIpc) is 2.63. The lowest BCUT2D eigenvalue weighted by Gasteiger charge is -2.59. The number of hydrogen-bond donors (Lipinski definition) is 1. The average molecular weight is 445 g/mol. The Balaban J connectivity index is 1.41. The van der Waals surface area contributed by atoms with E-state index in [0.717, 1.165) is 17.8 Å². The number of ether oxygens (including phenoxy) is 1. The summed E-state index contributed by atoms with van der Waals surface area (Å²) in [6.45, 7) is 5.70. The van der Waals surface area contributed by atoms with Crippen LogP contribution in [0.25, 0.3) is 0 Å². The van der Waals surface area contributed by atoms with Gasteiger partial charge in [-0.2, -0.15) is 0 Å². The highest BCUT2D eigenvalue weighted by Gasteiger charge is 2.53. The number of carbonyl (C=O) groups is 1. The van der Waals surface area contributed by atoms with E-state index in [-0.39, 0.29) is 24.0 Å². The van der Waals surface area contributed by atoms with E-state index in [2.05, 4.69) is 12.2 Å². The molecule has 6 heteroatoms. The summed E-state index contributed by atoms with van der Waals surface area (Å²) < 4.78 is 5.73. The molecule has 1 atom stereocenters. The molecular weight excluding hydrogens is 417 g/mol. The minimum atomic E-state index is -0.124. The fourth-order valence-corrected chi connectivity index (χ4v) is 7.14. The molecule has 154 valence electrons. The summed E-state index contributed by atoms with van der Waals surface area (Å²) in [7, 11) is 0. The molecule has 0 aromatic heterocycles. The number of carbonyl (C=O) groups excluding carboxylic acids is 1. The van der Waals surface area contributed by atoms with Crippen LogP contribution in [-0.4, -0.2) is 18.6 Å². The van der Waals surface area contributed by atoms with E-state index >= 15 is 0 Å². The van der Waals surface area contributed by atoms with Gasteiger partial charge in [0.15, 0.2) is 12.4 Å². The number of halogens is 3. The minimum absolute atomic E-state index is 0.101. The maximum atomic E-state index is 12.6. The molecule has 28 heavy (non-hydrogen) atoms. The molecule has 0 unspecified atom stereocenters. The van der Waals surface area contributed by atoms with Crippen LogP contribution in [0.2, 0.25) is 15.1 Å². The normalized spacial score (nSPS) is 31.7. The van der Waals surface area contributed by atoms with Crippen LogP contribution in [0.5, 0.6) is 5.75 Å². The number of amides is 1. The lowest BCUT2D eigenvalue weighted by molar-refractivity contribution is -0.127. The smallest absolute Gasteiger partial charge is 0.258 e. The van der Waals surface area contributed by atoms with E-state index in [1.807, 2.05) is 13.8 Å². The summed E-state index contributed by atoms with van der Waals surface area (Å²) in [5, 5.41) is 4.47. The molecule has 4 bridgehead atoms. The van der Waals surface area contributed by atoms with Crippen LogP contribution >= 0.6 is 34.8 Å². The van der Waals surface area contributed by atoms with Gasteiger partial charge in [-0.05, 0) is 93.6 Å². The van der Waals surface area contributed by atoms with E-state index < -0.39 is 0 Å². The van der Waals surface area contributed by atoms with Gasteiger partial charge in [0, 0.05) is 11.1 Å². The SMILES string of the molecule is Cc1c(Cl)c(C)c(Cl)c(OCC(=O)N[C@@H](C)C23CC4CC(CC(C4)C2)C3)c1Cl. The monoisotopic (exact) mass is 443 g/mol. The second-order valence-electron chi connectivity index (χ2n) is 9.38. The van der Waals surface area contributed by atoms with Gasteiger partial charge in [0.2, 0.25) is 0 Å². The maximum Gasteiger partial charge on any atom is 0.258 e. The van der Waals surface area contributed by atoms with Crippen molar-refractivity contribution in [1.82, 2.24) is 5.32 Å². The predicted molar refractivity (Wildman–Crippen MR) is 115 cm³/mol. The Bertz CT molecular complexity index is 743. The van der Waals surface area contributed by atoms with Gasteiger partial charge < -0.3 is 10.1 Å². The van der Waals surface area contributed by atoms with E-state index in [4.69, 9.17) is 39.5 Å². The fourth-order valence-electron chi connectivity index (χ4n) is 6.32. The first-order valence-electron chi connectivity index (χ1n) is 10.3. The molecule has 4 aliphatic carbocycles. The molecule has 0 radical (unpaired) electrons. The van der Waals surface area contributed by atoms with Crippen molar-refractivity contribution in [2.24, 2.45) is 23.2 Å². The first-order chi connectivity index (χ1) is 13.2. The zero-order chi connectivity index (χ0) is 20.2. The summed E-state index contributed by atoms with van der Waals surface area (Å²) in [4.78, 5) is 12.6. The van der Waals surface area contributed by atoms with Crippen LogP contribution in [0.15, 0.2) is 0 Å². The molecule has 1 aromatic carbocycles. The quantitative estimate of drug-likeness (QED) is 0.573. The highest BCUT2D eigenvalue weighted by Crippen LogP contribution is 2.61. The molecule has 3 nitrogen and oxygen atoms in total. The largest absolute Gasteiger partial charge is 0.481 e. The van der Waals surface area contributed by atoms with Crippen LogP contribution in [0.1, 0.15) is 56.6 Å². The van der Waals surface area contributed by atoms with Crippen LogP contribution in [0.3, 0.4) is 0 Å². The predicted octanol–water partition coefficient (Wildman–Crippen LogP) is 6.36. The lowest BCUT2D eigenvalue weighted by atomic mass is 9.48. The molecule has 4 fully saturated rings. The van der Waals surface area contributed by atoms with Crippen LogP contribution in [0, 0.1) is 37.0 Å². The maximum absolute atomic E-state index is 12.6. The van der Waals surface area contributed by atoms with Gasteiger partial charge >= 0.3 is 0 Å². The molecular formula is C22H28Cl3NO2. The van der Waals surface area contributed by atoms with Crippen LogP contribution < -0.4 is 10.1 Å². The van der Waals surface area contributed by atoms with Crippen LogP contribution in [-0.2, 0) is 4.79 Å². The summed E-state index contributed by atoms with van der Waals surface area (Å²) in [5.74, 6) is 2.79. The summed E-state index contributed by atoms with van der Waals surface area (Å²) in [5.41, 5.74) is 1.69. The second kappa shape index (κ2) is 7.56. The van der Waals surface area contributed by atoms with Crippen molar-refractivity contribution in [3.8, 4) is 5.75 Å². The highest BCUT2D eigenvalue weighted by atomic mass is 35.5. The number of rotatable bonds is 5. The van der Waals surface area contributed by atoms with Crippen molar-refractivity contribution in [1.29, 1.82) is 0 Å². The Labute approximate surface area is 182 Å². The third kappa shape index (κ3) is 3.52. The summed E-state index contributed by atoms with van der Waals surface area (Å²) in [6, 6.07) is 0.164. The Kier molecular flexibility index (Phi) is 5.57. The zero-order valence-electron chi connectivity index (χ0n) is 16.7. The minimum Gasteiger partial charge on any atom is -0.481 e. The van der Waals surface area contributed by atoms with Gasteiger partial charge in [0.1, 0.15) is 0 Å². The van der Waals surface area contributed by atoms with Gasteiger partial charge in [-0.25, -0.2) is 0 Å². The summed E-state index contributed by atoms with van der Waals surface area (Å²) >= 11 is 18.9. The first-order valence-corrected chi connectivity index (χ1v) is 11.4. The number of nitrogens with one attached hydrogen (secondary N) is 1.